The standard InChI is InChI=1S/C12H24N2OS/c1-3-14-12(2,11(13)15)9-16-8-10-6-4-5-7-10/h10,14H,3-9H2,1-2H3,(H2,13,15). The fraction of sp³-hybridized carbons (Fsp3) is 0.917. The highest BCUT2D eigenvalue weighted by Gasteiger charge is 2.30. The van der Waals surface area contributed by atoms with Crippen LogP contribution in [0.3, 0.4) is 0 Å². The van der Waals surface area contributed by atoms with Gasteiger partial charge in [0.05, 0.1) is 0 Å². The molecule has 1 aliphatic rings. The Balaban J connectivity index is 2.29. The molecule has 0 aromatic heterocycles. The third kappa shape index (κ3) is 3.98. The lowest BCUT2D eigenvalue weighted by Crippen LogP contribution is -2.55. The summed E-state index contributed by atoms with van der Waals surface area (Å²) in [6.07, 6.45) is 5.49. The lowest BCUT2D eigenvalue weighted by Gasteiger charge is -2.27. The molecular formula is C12H24N2OS. The minimum absolute atomic E-state index is 0.242. The van der Waals surface area contributed by atoms with E-state index in [2.05, 4.69) is 5.32 Å². The van der Waals surface area contributed by atoms with Crippen LogP contribution in [-0.4, -0.2) is 29.5 Å². The van der Waals surface area contributed by atoms with Crippen LogP contribution in [0.5, 0.6) is 0 Å². The second kappa shape index (κ2) is 6.50. The van der Waals surface area contributed by atoms with Gasteiger partial charge >= 0.3 is 0 Å². The maximum atomic E-state index is 11.4. The number of hydrogen-bond acceptors (Lipinski definition) is 3. The van der Waals surface area contributed by atoms with Crippen molar-refractivity contribution in [3.63, 3.8) is 0 Å². The van der Waals surface area contributed by atoms with Gasteiger partial charge in [0.15, 0.2) is 0 Å². The van der Waals surface area contributed by atoms with E-state index in [0.29, 0.717) is 0 Å². The van der Waals surface area contributed by atoms with Crippen LogP contribution < -0.4 is 11.1 Å². The third-order valence-corrected chi connectivity index (χ3v) is 4.82. The Morgan fingerprint density at radius 2 is 2.12 bits per heavy atom. The van der Waals surface area contributed by atoms with E-state index in [1.807, 2.05) is 25.6 Å². The average molecular weight is 244 g/mol. The highest BCUT2D eigenvalue weighted by atomic mass is 32.2. The van der Waals surface area contributed by atoms with Gasteiger partial charge in [-0.05, 0) is 38.0 Å². The molecule has 4 heteroatoms. The van der Waals surface area contributed by atoms with Crippen molar-refractivity contribution in [2.75, 3.05) is 18.1 Å². The van der Waals surface area contributed by atoms with E-state index in [9.17, 15) is 4.79 Å². The second-order valence-corrected chi connectivity index (χ2v) is 5.92. The number of thioether (sulfide) groups is 1. The van der Waals surface area contributed by atoms with E-state index in [0.717, 1.165) is 18.2 Å². The summed E-state index contributed by atoms with van der Waals surface area (Å²) in [6.45, 7) is 4.69. The molecule has 1 saturated carbocycles. The Bertz CT molecular complexity index is 229. The first-order chi connectivity index (χ1) is 7.58. The van der Waals surface area contributed by atoms with Crippen molar-refractivity contribution in [3.8, 4) is 0 Å². The zero-order valence-corrected chi connectivity index (χ0v) is 11.2. The van der Waals surface area contributed by atoms with E-state index in [4.69, 9.17) is 5.73 Å². The summed E-state index contributed by atoms with van der Waals surface area (Å²) in [5.41, 5.74) is 4.89. The van der Waals surface area contributed by atoms with Crippen LogP contribution in [0.2, 0.25) is 0 Å². The maximum Gasteiger partial charge on any atom is 0.238 e. The first-order valence-corrected chi connectivity index (χ1v) is 7.36. The minimum atomic E-state index is -0.544. The molecule has 1 atom stereocenters. The molecule has 1 aliphatic carbocycles. The Hall–Kier alpha value is -0.220. The van der Waals surface area contributed by atoms with Gasteiger partial charge in [-0.1, -0.05) is 19.8 Å². The number of amides is 1. The van der Waals surface area contributed by atoms with E-state index in [-0.39, 0.29) is 5.91 Å². The summed E-state index contributed by atoms with van der Waals surface area (Å²) in [6, 6.07) is 0. The van der Waals surface area contributed by atoms with Gasteiger partial charge in [-0.3, -0.25) is 4.79 Å². The summed E-state index contributed by atoms with van der Waals surface area (Å²) in [5.74, 6) is 2.58. The molecule has 0 aromatic carbocycles. The second-order valence-electron chi connectivity index (χ2n) is 4.89. The number of primary amides is 1. The fourth-order valence-corrected chi connectivity index (χ4v) is 3.64. The van der Waals surface area contributed by atoms with Crippen molar-refractivity contribution in [1.82, 2.24) is 5.32 Å². The summed E-state index contributed by atoms with van der Waals surface area (Å²) >= 11 is 1.86. The molecule has 0 spiro atoms. The van der Waals surface area contributed by atoms with Crippen LogP contribution >= 0.6 is 11.8 Å². The number of nitrogens with one attached hydrogen (secondary N) is 1. The SMILES string of the molecule is CCNC(C)(CSCC1CCCC1)C(N)=O. The predicted molar refractivity (Wildman–Crippen MR) is 70.6 cm³/mol. The number of carbonyl (C=O) groups excluding carboxylic acids is 1. The number of rotatable bonds is 7. The highest BCUT2D eigenvalue weighted by molar-refractivity contribution is 7.99. The minimum Gasteiger partial charge on any atom is -0.368 e. The molecule has 0 radical (unpaired) electrons. The molecule has 1 fully saturated rings. The van der Waals surface area contributed by atoms with Gasteiger partial charge in [-0.15, -0.1) is 0 Å². The molecule has 0 saturated heterocycles. The largest absolute Gasteiger partial charge is 0.368 e. The highest BCUT2D eigenvalue weighted by Crippen LogP contribution is 2.28. The number of likely N-dealkylation sites (N-methyl/N-ethyl adjacent to an activating group) is 1. The van der Waals surface area contributed by atoms with Crippen LogP contribution in [-0.2, 0) is 4.79 Å². The summed E-state index contributed by atoms with van der Waals surface area (Å²) < 4.78 is 0. The molecule has 94 valence electrons. The normalized spacial score (nSPS) is 20.9. The lowest BCUT2D eigenvalue weighted by molar-refractivity contribution is -0.122. The van der Waals surface area contributed by atoms with E-state index in [1.165, 1.54) is 31.4 Å². The molecule has 16 heavy (non-hydrogen) atoms. The molecule has 3 nitrogen and oxygen atoms in total. The Morgan fingerprint density at radius 3 is 2.62 bits per heavy atom. The Morgan fingerprint density at radius 1 is 1.50 bits per heavy atom. The van der Waals surface area contributed by atoms with Gasteiger partial charge in [-0.2, -0.15) is 11.8 Å². The number of hydrogen-bond donors (Lipinski definition) is 2. The average Bonchev–Trinajstić information content (AvgIpc) is 2.70. The van der Waals surface area contributed by atoms with Crippen molar-refractivity contribution < 1.29 is 4.79 Å². The number of carbonyl (C=O) groups is 1. The van der Waals surface area contributed by atoms with Gasteiger partial charge in [0, 0.05) is 5.75 Å². The van der Waals surface area contributed by atoms with Crippen LogP contribution in [0.25, 0.3) is 0 Å². The molecule has 0 aliphatic heterocycles. The quantitative estimate of drug-likeness (QED) is 0.717. The van der Waals surface area contributed by atoms with Crippen molar-refractivity contribution >= 4 is 17.7 Å². The van der Waals surface area contributed by atoms with E-state index in [1.54, 1.807) is 0 Å². The van der Waals surface area contributed by atoms with Crippen molar-refractivity contribution in [1.29, 1.82) is 0 Å². The lowest BCUT2D eigenvalue weighted by atomic mass is 10.1. The van der Waals surface area contributed by atoms with Crippen LogP contribution in [0.1, 0.15) is 39.5 Å². The van der Waals surface area contributed by atoms with Crippen molar-refractivity contribution in [3.05, 3.63) is 0 Å². The fourth-order valence-electron chi connectivity index (χ4n) is 2.21. The molecular weight excluding hydrogens is 220 g/mol. The van der Waals surface area contributed by atoms with Crippen molar-refractivity contribution in [2.45, 2.75) is 45.1 Å². The van der Waals surface area contributed by atoms with Gasteiger partial charge < -0.3 is 11.1 Å². The molecule has 1 unspecified atom stereocenters. The molecule has 0 aromatic rings. The van der Waals surface area contributed by atoms with Crippen LogP contribution in [0.15, 0.2) is 0 Å². The zero-order chi connectivity index (χ0) is 12.0. The molecule has 0 bridgehead atoms. The summed E-state index contributed by atoms with van der Waals surface area (Å²) in [4.78, 5) is 11.4. The predicted octanol–water partition coefficient (Wildman–Crippen LogP) is 1.76. The Kier molecular flexibility index (Phi) is 5.62. The van der Waals surface area contributed by atoms with Crippen LogP contribution in [0, 0.1) is 5.92 Å². The topological polar surface area (TPSA) is 55.1 Å². The monoisotopic (exact) mass is 244 g/mol. The zero-order valence-electron chi connectivity index (χ0n) is 10.4. The summed E-state index contributed by atoms with van der Waals surface area (Å²) in [5, 5.41) is 3.19. The Labute approximate surface area is 103 Å². The molecule has 1 amide bonds. The van der Waals surface area contributed by atoms with Gasteiger partial charge in [0.25, 0.3) is 0 Å². The maximum absolute atomic E-state index is 11.4. The van der Waals surface area contributed by atoms with Crippen molar-refractivity contribution in [2.24, 2.45) is 11.7 Å². The molecule has 0 heterocycles. The van der Waals surface area contributed by atoms with Crippen LogP contribution in [0.4, 0.5) is 0 Å². The van der Waals surface area contributed by atoms with Gasteiger partial charge in [0.2, 0.25) is 5.91 Å². The number of nitrogens with two attached hydrogens (primary N) is 1. The summed E-state index contributed by atoms with van der Waals surface area (Å²) in [7, 11) is 0. The smallest absolute Gasteiger partial charge is 0.238 e. The van der Waals surface area contributed by atoms with E-state index >= 15 is 0 Å². The third-order valence-electron chi connectivity index (χ3n) is 3.33. The molecule has 1 rings (SSSR count). The first-order valence-electron chi connectivity index (χ1n) is 6.21. The van der Waals surface area contributed by atoms with E-state index < -0.39 is 5.54 Å². The molecule has 3 N–H and O–H groups in total. The first kappa shape index (κ1) is 13.8. The van der Waals surface area contributed by atoms with Gasteiger partial charge in [-0.25, -0.2) is 0 Å². The van der Waals surface area contributed by atoms with Gasteiger partial charge in [0.1, 0.15) is 5.54 Å².